The molecule has 0 bridgehead atoms. The number of hydrogen-bond acceptors (Lipinski definition) is 2. The summed E-state index contributed by atoms with van der Waals surface area (Å²) in [6.07, 6.45) is 0. The molecular formula is C5H15NO. The molecule has 1 N–H and O–H groups in total. The van der Waals surface area contributed by atoms with E-state index in [9.17, 15) is 0 Å². The Hall–Kier alpha value is -0.0800. The maximum atomic E-state index is 4.72. The van der Waals surface area contributed by atoms with Gasteiger partial charge in [0, 0.05) is 13.7 Å². The summed E-state index contributed by atoms with van der Waals surface area (Å²) in [5.41, 5.74) is 0. The van der Waals surface area contributed by atoms with Crippen LogP contribution in [-0.4, -0.2) is 27.3 Å². The van der Waals surface area contributed by atoms with Crippen molar-refractivity contribution in [2.75, 3.05) is 27.3 Å². The smallest absolute Gasteiger partial charge is 0.0587 e. The van der Waals surface area contributed by atoms with Crippen molar-refractivity contribution in [1.82, 2.24) is 5.32 Å². The Labute approximate surface area is 45.9 Å². The molecule has 0 heterocycles. The van der Waals surface area contributed by atoms with Gasteiger partial charge in [-0.25, -0.2) is 0 Å². The summed E-state index contributed by atoms with van der Waals surface area (Å²) in [7, 11) is 3.59. The summed E-state index contributed by atoms with van der Waals surface area (Å²) in [4.78, 5) is 0. The van der Waals surface area contributed by atoms with Crippen LogP contribution in [-0.2, 0) is 4.74 Å². The highest BCUT2D eigenvalue weighted by Gasteiger charge is 1.72. The first-order chi connectivity index (χ1) is 2.91. The maximum absolute atomic E-state index is 4.72. The lowest BCUT2D eigenvalue weighted by Gasteiger charge is -1.92. The molecule has 0 aliphatic rings. The van der Waals surface area contributed by atoms with Gasteiger partial charge in [0.2, 0.25) is 0 Å². The zero-order valence-electron chi connectivity index (χ0n) is 4.32. The molecule has 0 aliphatic carbocycles. The molecule has 0 spiro atoms. The minimum atomic E-state index is 0. The molecule has 0 aromatic heterocycles. The van der Waals surface area contributed by atoms with Crippen LogP contribution in [0, 0.1) is 0 Å². The summed E-state index contributed by atoms with van der Waals surface area (Å²) >= 11 is 0. The van der Waals surface area contributed by atoms with Crippen LogP contribution in [0.25, 0.3) is 0 Å². The molecule has 0 unspecified atom stereocenters. The molecule has 7 heavy (non-hydrogen) atoms. The van der Waals surface area contributed by atoms with Crippen LogP contribution in [0.2, 0.25) is 0 Å². The molecule has 2 nitrogen and oxygen atoms in total. The summed E-state index contributed by atoms with van der Waals surface area (Å²) in [6.45, 7) is 1.74. The second-order valence-electron chi connectivity index (χ2n) is 1.10. The molecule has 0 amide bonds. The summed E-state index contributed by atoms with van der Waals surface area (Å²) in [5.74, 6) is 0. The fraction of sp³-hybridized carbons (Fsp3) is 1.00. The van der Waals surface area contributed by atoms with Crippen molar-refractivity contribution >= 4 is 0 Å². The van der Waals surface area contributed by atoms with E-state index in [4.69, 9.17) is 4.74 Å². The van der Waals surface area contributed by atoms with Crippen molar-refractivity contribution in [1.29, 1.82) is 0 Å². The SMILES string of the molecule is C.CNCCOC. The lowest BCUT2D eigenvalue weighted by Crippen LogP contribution is -2.12. The molecule has 0 aliphatic heterocycles. The normalized spacial score (nSPS) is 7.71. The third-order valence-corrected chi connectivity index (χ3v) is 0.556. The van der Waals surface area contributed by atoms with Crippen LogP contribution >= 0.6 is 0 Å². The highest BCUT2D eigenvalue weighted by atomic mass is 16.5. The Balaban J connectivity index is 0. The highest BCUT2D eigenvalue weighted by Crippen LogP contribution is 1.57. The predicted molar refractivity (Wildman–Crippen MR) is 32.5 cm³/mol. The molecule has 0 saturated carbocycles. The molecule has 0 atom stereocenters. The first-order valence-electron chi connectivity index (χ1n) is 2.05. The number of ether oxygens (including phenoxy) is 1. The lowest BCUT2D eigenvalue weighted by molar-refractivity contribution is 0.201. The minimum absolute atomic E-state index is 0. The van der Waals surface area contributed by atoms with E-state index >= 15 is 0 Å². The number of rotatable bonds is 3. The van der Waals surface area contributed by atoms with Gasteiger partial charge in [-0.3, -0.25) is 0 Å². The first kappa shape index (κ1) is 10.0. The van der Waals surface area contributed by atoms with E-state index in [0.29, 0.717) is 0 Å². The molecule has 0 rings (SSSR count). The van der Waals surface area contributed by atoms with Gasteiger partial charge in [0.25, 0.3) is 0 Å². The fourth-order valence-corrected chi connectivity index (χ4v) is 0.204. The van der Waals surface area contributed by atoms with E-state index in [1.54, 1.807) is 7.11 Å². The molecule has 0 saturated heterocycles. The minimum Gasteiger partial charge on any atom is -0.383 e. The van der Waals surface area contributed by atoms with Gasteiger partial charge in [0.15, 0.2) is 0 Å². The number of hydrogen-bond donors (Lipinski definition) is 1. The molecule has 46 valence electrons. The van der Waals surface area contributed by atoms with E-state index in [1.807, 2.05) is 7.05 Å². The van der Waals surface area contributed by atoms with Gasteiger partial charge >= 0.3 is 0 Å². The second kappa shape index (κ2) is 9.33. The van der Waals surface area contributed by atoms with Crippen LogP contribution in [0.3, 0.4) is 0 Å². The van der Waals surface area contributed by atoms with Crippen molar-refractivity contribution in [2.24, 2.45) is 0 Å². The van der Waals surface area contributed by atoms with Crippen molar-refractivity contribution in [3.05, 3.63) is 0 Å². The van der Waals surface area contributed by atoms with Gasteiger partial charge in [-0.2, -0.15) is 0 Å². The van der Waals surface area contributed by atoms with Gasteiger partial charge < -0.3 is 10.1 Å². The average molecular weight is 105 g/mol. The Morgan fingerprint density at radius 1 is 1.57 bits per heavy atom. The third kappa shape index (κ3) is 10.7. The van der Waals surface area contributed by atoms with Crippen molar-refractivity contribution < 1.29 is 4.74 Å². The monoisotopic (exact) mass is 105 g/mol. The van der Waals surface area contributed by atoms with Gasteiger partial charge in [-0.05, 0) is 7.05 Å². The van der Waals surface area contributed by atoms with Crippen molar-refractivity contribution in [2.45, 2.75) is 7.43 Å². The molecule has 0 aromatic rings. The highest BCUT2D eigenvalue weighted by molar-refractivity contribution is 4.30. The first-order valence-corrected chi connectivity index (χ1v) is 2.05. The molecule has 0 radical (unpaired) electrons. The third-order valence-electron chi connectivity index (χ3n) is 0.556. The standard InChI is InChI=1S/C4H11NO.CH4/c1-5-3-4-6-2;/h5H,3-4H2,1-2H3;1H4. The molecule has 2 heteroatoms. The Kier molecular flexibility index (Phi) is 13.3. The second-order valence-corrected chi connectivity index (χ2v) is 1.10. The fourth-order valence-electron chi connectivity index (χ4n) is 0.204. The van der Waals surface area contributed by atoms with E-state index in [0.717, 1.165) is 13.2 Å². The summed E-state index contributed by atoms with van der Waals surface area (Å²) < 4.78 is 4.72. The summed E-state index contributed by atoms with van der Waals surface area (Å²) in [5, 5.41) is 2.94. The quantitative estimate of drug-likeness (QED) is 0.527. The van der Waals surface area contributed by atoms with Gasteiger partial charge in [-0.1, -0.05) is 7.43 Å². The van der Waals surface area contributed by atoms with E-state index < -0.39 is 0 Å². The maximum Gasteiger partial charge on any atom is 0.0587 e. The van der Waals surface area contributed by atoms with Crippen molar-refractivity contribution in [3.8, 4) is 0 Å². The zero-order valence-corrected chi connectivity index (χ0v) is 4.32. The van der Waals surface area contributed by atoms with Gasteiger partial charge in [-0.15, -0.1) is 0 Å². The van der Waals surface area contributed by atoms with Crippen LogP contribution < -0.4 is 5.32 Å². The van der Waals surface area contributed by atoms with Gasteiger partial charge in [0.1, 0.15) is 0 Å². The Morgan fingerprint density at radius 2 is 2.14 bits per heavy atom. The van der Waals surface area contributed by atoms with E-state index in [2.05, 4.69) is 5.32 Å². The summed E-state index contributed by atoms with van der Waals surface area (Å²) in [6, 6.07) is 0. The van der Waals surface area contributed by atoms with E-state index in [-0.39, 0.29) is 7.43 Å². The molecule has 0 fully saturated rings. The molecular weight excluding hydrogens is 90.1 g/mol. The van der Waals surface area contributed by atoms with Gasteiger partial charge in [0.05, 0.1) is 6.61 Å². The predicted octanol–water partition coefficient (Wildman–Crippen LogP) is 0.488. The van der Waals surface area contributed by atoms with Crippen LogP contribution in [0.15, 0.2) is 0 Å². The Morgan fingerprint density at radius 3 is 2.29 bits per heavy atom. The van der Waals surface area contributed by atoms with Crippen LogP contribution in [0.5, 0.6) is 0 Å². The zero-order chi connectivity index (χ0) is 4.83. The largest absolute Gasteiger partial charge is 0.383 e. The van der Waals surface area contributed by atoms with Crippen LogP contribution in [0.1, 0.15) is 7.43 Å². The average Bonchev–Trinajstić information content (AvgIpc) is 1.61. The number of methoxy groups -OCH3 is 1. The number of likely N-dealkylation sites (N-methyl/N-ethyl adjacent to an activating group) is 1. The Bertz CT molecular complexity index is 20.0. The van der Waals surface area contributed by atoms with E-state index in [1.165, 1.54) is 0 Å². The van der Waals surface area contributed by atoms with Crippen LogP contribution in [0.4, 0.5) is 0 Å². The lowest BCUT2D eigenvalue weighted by atomic mass is 10.7. The van der Waals surface area contributed by atoms with Crippen molar-refractivity contribution in [3.63, 3.8) is 0 Å². The topological polar surface area (TPSA) is 21.3 Å². The number of nitrogens with one attached hydrogen (secondary N) is 1. The molecule has 0 aromatic carbocycles.